The molecular formula is C31H33N3O4. The van der Waals surface area contributed by atoms with Crippen LogP contribution in [0.3, 0.4) is 0 Å². The standard InChI is InChI=1S/C31H33N3O4/c1-30(2,3)22-14-11-21(12-15-22)27(35)33-25-10-8-7-9-24(25)28(36)32-23-16-13-20-17-18-34(26(20)19-23)29(37)38-31(4,5)6/h7-19H,1-6H3,(H,32,36)(H,33,35). The second-order valence-corrected chi connectivity index (χ2v) is 11.2. The zero-order valence-electron chi connectivity index (χ0n) is 22.6. The predicted molar refractivity (Wildman–Crippen MR) is 151 cm³/mol. The highest BCUT2D eigenvalue weighted by Gasteiger charge is 2.20. The number of hydrogen-bond donors (Lipinski definition) is 2. The van der Waals surface area contributed by atoms with Gasteiger partial charge in [0.05, 0.1) is 16.8 Å². The molecule has 0 aliphatic carbocycles. The normalized spacial score (nSPS) is 11.7. The lowest BCUT2D eigenvalue weighted by Crippen LogP contribution is -2.26. The lowest BCUT2D eigenvalue weighted by molar-refractivity contribution is 0.0544. The molecule has 38 heavy (non-hydrogen) atoms. The van der Waals surface area contributed by atoms with Crippen LogP contribution in [0.25, 0.3) is 10.9 Å². The van der Waals surface area contributed by atoms with E-state index in [0.29, 0.717) is 28.0 Å². The molecule has 7 heteroatoms. The second kappa shape index (κ2) is 10.2. The monoisotopic (exact) mass is 511 g/mol. The number of carbonyl (C=O) groups excluding carboxylic acids is 3. The maximum atomic E-state index is 13.2. The topological polar surface area (TPSA) is 89.4 Å². The van der Waals surface area contributed by atoms with E-state index in [9.17, 15) is 14.4 Å². The van der Waals surface area contributed by atoms with Crippen molar-refractivity contribution in [3.8, 4) is 0 Å². The summed E-state index contributed by atoms with van der Waals surface area (Å²) in [6.45, 7) is 11.8. The van der Waals surface area contributed by atoms with Crippen molar-refractivity contribution in [2.75, 3.05) is 10.6 Å². The number of benzene rings is 3. The van der Waals surface area contributed by atoms with Crippen molar-refractivity contribution in [1.82, 2.24) is 4.57 Å². The molecule has 2 N–H and O–H groups in total. The van der Waals surface area contributed by atoms with Gasteiger partial charge in [-0.25, -0.2) is 4.79 Å². The van der Waals surface area contributed by atoms with Crippen LogP contribution in [0.4, 0.5) is 16.2 Å². The van der Waals surface area contributed by atoms with E-state index in [0.717, 1.165) is 10.9 Å². The molecule has 0 unspecified atom stereocenters. The number of rotatable bonds is 4. The van der Waals surface area contributed by atoms with E-state index < -0.39 is 17.6 Å². The molecule has 1 aromatic heterocycles. The Labute approximate surface area is 222 Å². The fourth-order valence-corrected chi connectivity index (χ4v) is 3.98. The summed E-state index contributed by atoms with van der Waals surface area (Å²) in [5.41, 5.74) is 2.80. The quantitative estimate of drug-likeness (QED) is 0.303. The van der Waals surface area contributed by atoms with Crippen LogP contribution in [0.1, 0.15) is 67.8 Å². The molecule has 0 saturated heterocycles. The van der Waals surface area contributed by atoms with Crippen LogP contribution in [0.5, 0.6) is 0 Å². The first-order valence-electron chi connectivity index (χ1n) is 12.5. The molecule has 196 valence electrons. The Morgan fingerprint density at radius 1 is 0.763 bits per heavy atom. The third-order valence-corrected chi connectivity index (χ3v) is 5.97. The number of amides is 2. The third kappa shape index (κ3) is 6.11. The Kier molecular flexibility index (Phi) is 7.14. The Morgan fingerprint density at radius 2 is 1.45 bits per heavy atom. The molecule has 0 atom stereocenters. The SMILES string of the molecule is CC(C)(C)OC(=O)n1ccc2ccc(NC(=O)c3ccccc3NC(=O)c3ccc(C(C)(C)C)cc3)cc21. The van der Waals surface area contributed by atoms with Crippen LogP contribution in [0, 0.1) is 0 Å². The van der Waals surface area contributed by atoms with Crippen LogP contribution in [-0.2, 0) is 10.2 Å². The Bertz CT molecular complexity index is 1500. The van der Waals surface area contributed by atoms with Crippen molar-refractivity contribution in [1.29, 1.82) is 0 Å². The second-order valence-electron chi connectivity index (χ2n) is 11.2. The minimum absolute atomic E-state index is 0.0166. The Morgan fingerprint density at radius 3 is 2.11 bits per heavy atom. The summed E-state index contributed by atoms with van der Waals surface area (Å²) in [5.74, 6) is -0.693. The van der Waals surface area contributed by atoms with Crippen molar-refractivity contribution in [3.63, 3.8) is 0 Å². The molecule has 0 saturated carbocycles. The number of aromatic nitrogens is 1. The largest absolute Gasteiger partial charge is 0.443 e. The molecule has 0 bridgehead atoms. The van der Waals surface area contributed by atoms with Gasteiger partial charge in [0, 0.05) is 22.8 Å². The zero-order chi connectivity index (χ0) is 27.7. The van der Waals surface area contributed by atoms with Crippen molar-refractivity contribution in [2.45, 2.75) is 52.6 Å². The first-order chi connectivity index (χ1) is 17.8. The van der Waals surface area contributed by atoms with Gasteiger partial charge < -0.3 is 15.4 Å². The summed E-state index contributed by atoms with van der Waals surface area (Å²) in [7, 11) is 0. The van der Waals surface area contributed by atoms with E-state index in [-0.39, 0.29) is 11.3 Å². The summed E-state index contributed by atoms with van der Waals surface area (Å²) in [5, 5.41) is 6.57. The number of nitrogens with one attached hydrogen (secondary N) is 2. The number of fused-ring (bicyclic) bond motifs is 1. The van der Waals surface area contributed by atoms with Crippen LogP contribution < -0.4 is 10.6 Å². The summed E-state index contributed by atoms with van der Waals surface area (Å²) >= 11 is 0. The minimum atomic E-state index is -0.637. The van der Waals surface area contributed by atoms with E-state index in [1.807, 2.05) is 24.3 Å². The Hall–Kier alpha value is -4.39. The van der Waals surface area contributed by atoms with Crippen molar-refractivity contribution in [3.05, 3.63) is 95.7 Å². The zero-order valence-corrected chi connectivity index (χ0v) is 22.6. The number of nitrogens with zero attached hydrogens (tertiary/aromatic N) is 1. The molecule has 1 heterocycles. The summed E-state index contributed by atoms with van der Waals surface area (Å²) in [6.07, 6.45) is 1.14. The van der Waals surface area contributed by atoms with Crippen LogP contribution in [0.2, 0.25) is 0 Å². The van der Waals surface area contributed by atoms with E-state index >= 15 is 0 Å². The van der Waals surface area contributed by atoms with E-state index in [4.69, 9.17) is 4.74 Å². The van der Waals surface area contributed by atoms with Gasteiger partial charge in [-0.3, -0.25) is 14.2 Å². The van der Waals surface area contributed by atoms with Gasteiger partial charge in [0.15, 0.2) is 0 Å². The molecule has 7 nitrogen and oxygen atoms in total. The molecule has 0 aliphatic rings. The predicted octanol–water partition coefficient (Wildman–Crippen LogP) is 7.23. The molecule has 4 aromatic rings. The summed E-state index contributed by atoms with van der Waals surface area (Å²) in [6, 6.07) is 21.4. The van der Waals surface area contributed by atoms with Gasteiger partial charge in [0.25, 0.3) is 11.8 Å². The van der Waals surface area contributed by atoms with Gasteiger partial charge in [0.1, 0.15) is 5.60 Å². The summed E-state index contributed by atoms with van der Waals surface area (Å²) in [4.78, 5) is 38.8. The van der Waals surface area contributed by atoms with Gasteiger partial charge >= 0.3 is 6.09 Å². The van der Waals surface area contributed by atoms with Gasteiger partial charge in [-0.15, -0.1) is 0 Å². The molecule has 2 amide bonds. The maximum absolute atomic E-state index is 13.2. The molecular weight excluding hydrogens is 478 g/mol. The number of para-hydroxylation sites is 1. The molecule has 0 fully saturated rings. The van der Waals surface area contributed by atoms with E-state index in [2.05, 4.69) is 31.4 Å². The Balaban J connectivity index is 1.53. The molecule has 4 rings (SSSR count). The van der Waals surface area contributed by atoms with Gasteiger partial charge in [0.2, 0.25) is 0 Å². The van der Waals surface area contributed by atoms with E-state index in [1.165, 1.54) is 4.57 Å². The summed E-state index contributed by atoms with van der Waals surface area (Å²) < 4.78 is 6.90. The molecule has 0 radical (unpaired) electrons. The average Bonchev–Trinajstić information content (AvgIpc) is 3.26. The van der Waals surface area contributed by atoms with Crippen molar-refractivity contribution in [2.24, 2.45) is 0 Å². The van der Waals surface area contributed by atoms with Crippen LogP contribution in [-0.4, -0.2) is 28.1 Å². The van der Waals surface area contributed by atoms with Gasteiger partial charge in [-0.2, -0.15) is 0 Å². The molecule has 3 aromatic carbocycles. The number of carbonyl (C=O) groups is 3. The first kappa shape index (κ1) is 26.7. The highest BCUT2D eigenvalue weighted by atomic mass is 16.6. The van der Waals surface area contributed by atoms with Gasteiger partial charge in [-0.05, 0) is 74.2 Å². The van der Waals surface area contributed by atoms with Gasteiger partial charge in [-0.1, -0.05) is 51.1 Å². The molecule has 0 aliphatic heterocycles. The third-order valence-electron chi connectivity index (χ3n) is 5.97. The lowest BCUT2D eigenvalue weighted by Gasteiger charge is -2.20. The highest BCUT2D eigenvalue weighted by molar-refractivity contribution is 6.13. The fourth-order valence-electron chi connectivity index (χ4n) is 3.98. The fraction of sp³-hybridized carbons (Fsp3) is 0.258. The number of anilines is 2. The molecule has 0 spiro atoms. The lowest BCUT2D eigenvalue weighted by atomic mass is 9.86. The highest BCUT2D eigenvalue weighted by Crippen LogP contribution is 2.25. The number of hydrogen-bond acceptors (Lipinski definition) is 4. The van der Waals surface area contributed by atoms with Crippen molar-refractivity contribution >= 4 is 40.2 Å². The minimum Gasteiger partial charge on any atom is -0.443 e. The van der Waals surface area contributed by atoms with Crippen LogP contribution in [0.15, 0.2) is 79.0 Å². The van der Waals surface area contributed by atoms with E-state index in [1.54, 1.807) is 75.5 Å². The van der Waals surface area contributed by atoms with Crippen molar-refractivity contribution < 1.29 is 19.1 Å². The number of ether oxygens (including phenoxy) is 1. The average molecular weight is 512 g/mol. The van der Waals surface area contributed by atoms with Crippen LogP contribution >= 0.6 is 0 Å². The maximum Gasteiger partial charge on any atom is 0.418 e. The smallest absolute Gasteiger partial charge is 0.418 e. The first-order valence-corrected chi connectivity index (χ1v) is 12.5.